The van der Waals surface area contributed by atoms with E-state index in [9.17, 15) is 0 Å². The van der Waals surface area contributed by atoms with E-state index >= 15 is 0 Å². The van der Waals surface area contributed by atoms with Crippen molar-refractivity contribution in [1.82, 2.24) is 19.5 Å². The summed E-state index contributed by atoms with van der Waals surface area (Å²) < 4.78 is 8.97. The topological polar surface area (TPSA) is 56.7 Å². The zero-order chi connectivity index (χ0) is 41.2. The number of aromatic nitrogens is 4. The smallest absolute Gasteiger partial charge is 0.238 e. The van der Waals surface area contributed by atoms with Gasteiger partial charge in [0, 0.05) is 38.5 Å². The molecule has 0 amide bonds. The van der Waals surface area contributed by atoms with Crippen molar-refractivity contribution in [1.29, 1.82) is 0 Å². The first-order chi connectivity index (χ1) is 31.2. The second-order valence-corrected chi connectivity index (χ2v) is 17.5. The van der Waals surface area contributed by atoms with Crippen LogP contribution < -0.4 is 0 Å². The van der Waals surface area contributed by atoms with Gasteiger partial charge in [-0.15, -0.1) is 0 Å². The summed E-state index contributed by atoms with van der Waals surface area (Å²) in [5.74, 6) is 1.87. The highest BCUT2D eigenvalue weighted by Gasteiger charge is 2.53. The molecule has 14 rings (SSSR count). The van der Waals surface area contributed by atoms with Crippen molar-refractivity contribution in [3.63, 3.8) is 0 Å². The number of benzene rings is 6. The molecule has 0 bridgehead atoms. The van der Waals surface area contributed by atoms with Gasteiger partial charge in [0.1, 0.15) is 11.2 Å². The predicted molar refractivity (Wildman–Crippen MR) is 255 cm³/mol. The Morgan fingerprint density at radius 1 is 0.492 bits per heavy atom. The molecule has 0 saturated carbocycles. The van der Waals surface area contributed by atoms with E-state index in [4.69, 9.17) is 19.4 Å². The van der Waals surface area contributed by atoms with Crippen LogP contribution in [0.15, 0.2) is 179 Å². The highest BCUT2D eigenvalue weighted by Crippen LogP contribution is 2.65. The Morgan fingerprint density at radius 2 is 1.16 bits per heavy atom. The third-order valence-corrected chi connectivity index (χ3v) is 14.3. The highest BCUT2D eigenvalue weighted by molar-refractivity contribution is 6.13. The van der Waals surface area contributed by atoms with Gasteiger partial charge in [0.25, 0.3) is 0 Å². The number of nitrogens with zero attached hydrogens (tertiary/aromatic N) is 4. The van der Waals surface area contributed by atoms with E-state index in [2.05, 4.69) is 156 Å². The van der Waals surface area contributed by atoms with Crippen molar-refractivity contribution in [2.75, 3.05) is 0 Å². The lowest BCUT2D eigenvalue weighted by molar-refractivity contribution is 0.662. The van der Waals surface area contributed by atoms with Crippen molar-refractivity contribution in [3.8, 4) is 39.9 Å². The Labute approximate surface area is 364 Å². The van der Waals surface area contributed by atoms with Gasteiger partial charge in [-0.2, -0.15) is 9.97 Å². The standard InChI is InChI=1S/C58H40N4O/c1-3-17-35(18-4-1)43-31-37(32-53-54(43)42-25-11-16-30-52(42)63-53)56-59-55(36-19-5-2-6-20-36)60-57(61-56)62-50-29-15-10-24-41(50)45-33-49-44(34-51(45)62)40-23-9-14-28-48(40)58(49)46-26-12-7-21-38(46)39-22-8-13-27-47(39)58/h1-12,16-26,30-34H,13-15,27-29H2. The summed E-state index contributed by atoms with van der Waals surface area (Å²) in [6, 6.07) is 47.8. The summed E-state index contributed by atoms with van der Waals surface area (Å²) in [6.07, 6.45) is 20.3. The van der Waals surface area contributed by atoms with E-state index < -0.39 is 0 Å². The molecule has 0 N–H and O–H groups in total. The Morgan fingerprint density at radius 3 is 1.97 bits per heavy atom. The lowest BCUT2D eigenvalue weighted by atomic mass is 9.66. The molecule has 298 valence electrons. The van der Waals surface area contributed by atoms with E-state index in [-0.39, 0.29) is 5.41 Å². The molecular formula is C58H40N4O. The van der Waals surface area contributed by atoms with Crippen LogP contribution in [0.1, 0.15) is 65.6 Å². The van der Waals surface area contributed by atoms with Gasteiger partial charge in [-0.05, 0) is 125 Å². The monoisotopic (exact) mass is 808 g/mol. The summed E-state index contributed by atoms with van der Waals surface area (Å²) in [5.41, 5.74) is 20.5. The van der Waals surface area contributed by atoms with Crippen LogP contribution in [0.2, 0.25) is 0 Å². The van der Waals surface area contributed by atoms with E-state index in [0.29, 0.717) is 17.6 Å². The largest absolute Gasteiger partial charge is 0.456 e. The number of allylic oxidation sites excluding steroid dienone is 9. The van der Waals surface area contributed by atoms with Gasteiger partial charge in [-0.3, -0.25) is 4.57 Å². The van der Waals surface area contributed by atoms with Gasteiger partial charge in [0.2, 0.25) is 5.95 Å². The van der Waals surface area contributed by atoms with Crippen molar-refractivity contribution >= 4 is 50.1 Å². The number of hydrogen-bond acceptors (Lipinski definition) is 4. The minimum atomic E-state index is -0.264. The van der Waals surface area contributed by atoms with Crippen molar-refractivity contribution in [3.05, 3.63) is 208 Å². The maximum Gasteiger partial charge on any atom is 0.238 e. The quantitative estimate of drug-likeness (QED) is 0.178. The molecule has 3 aromatic heterocycles. The van der Waals surface area contributed by atoms with Crippen molar-refractivity contribution in [2.45, 2.75) is 43.9 Å². The van der Waals surface area contributed by atoms with Crippen LogP contribution >= 0.6 is 0 Å². The van der Waals surface area contributed by atoms with Crippen LogP contribution in [0.4, 0.5) is 0 Å². The SMILES string of the molecule is C1=CC2=C(CC1)C1(C3=C(C=CCC3)c3cc4c(cc31)c1c(n4-c3nc(-c4ccccc4)nc(-c4cc(-c5ccccc5)c5c(c4)oc4ccccc45)n3)CCC=C1)c1ccccc12. The maximum absolute atomic E-state index is 6.61. The molecule has 3 heterocycles. The molecule has 0 saturated heterocycles. The second-order valence-electron chi connectivity index (χ2n) is 17.5. The highest BCUT2D eigenvalue weighted by atomic mass is 16.3. The Kier molecular flexibility index (Phi) is 7.33. The number of fused-ring (bicyclic) bond motifs is 14. The third kappa shape index (κ3) is 4.85. The normalized spacial score (nSPS) is 18.2. The molecule has 1 spiro atoms. The van der Waals surface area contributed by atoms with Crippen LogP contribution in [0.25, 0.3) is 89.9 Å². The Bertz CT molecular complexity index is 3610. The Balaban J connectivity index is 1.05. The van der Waals surface area contributed by atoms with Gasteiger partial charge in [0.05, 0.1) is 10.9 Å². The van der Waals surface area contributed by atoms with Crippen LogP contribution in [-0.4, -0.2) is 19.5 Å². The van der Waals surface area contributed by atoms with Gasteiger partial charge >= 0.3 is 0 Å². The molecule has 1 unspecified atom stereocenters. The molecule has 5 aliphatic rings. The summed E-state index contributed by atoms with van der Waals surface area (Å²) in [7, 11) is 0. The van der Waals surface area contributed by atoms with Crippen LogP contribution in [0.5, 0.6) is 0 Å². The van der Waals surface area contributed by atoms with Crippen LogP contribution in [-0.2, 0) is 11.8 Å². The average molecular weight is 809 g/mol. The van der Waals surface area contributed by atoms with Crippen molar-refractivity contribution < 1.29 is 4.42 Å². The fraction of sp³-hybridized carbons (Fsp3) is 0.121. The fourth-order valence-electron chi connectivity index (χ4n) is 11.8. The molecule has 0 aliphatic heterocycles. The first kappa shape index (κ1) is 35.0. The molecule has 63 heavy (non-hydrogen) atoms. The first-order valence-corrected chi connectivity index (χ1v) is 22.4. The molecule has 5 heteroatoms. The van der Waals surface area contributed by atoms with Gasteiger partial charge in [-0.1, -0.05) is 140 Å². The molecule has 0 fully saturated rings. The van der Waals surface area contributed by atoms with Crippen LogP contribution in [0, 0.1) is 0 Å². The van der Waals surface area contributed by atoms with Gasteiger partial charge < -0.3 is 4.42 Å². The lowest BCUT2D eigenvalue weighted by Crippen LogP contribution is -2.29. The van der Waals surface area contributed by atoms with E-state index in [1.807, 2.05) is 18.2 Å². The molecule has 1 atom stereocenters. The number of hydrogen-bond donors (Lipinski definition) is 0. The molecule has 9 aromatic rings. The van der Waals surface area contributed by atoms with Gasteiger partial charge in [-0.25, -0.2) is 4.98 Å². The minimum Gasteiger partial charge on any atom is -0.456 e. The van der Waals surface area contributed by atoms with E-state index in [1.54, 1.807) is 11.1 Å². The van der Waals surface area contributed by atoms with E-state index in [0.717, 1.165) is 88.2 Å². The molecule has 0 radical (unpaired) electrons. The van der Waals surface area contributed by atoms with Crippen molar-refractivity contribution in [2.24, 2.45) is 0 Å². The van der Waals surface area contributed by atoms with E-state index in [1.165, 1.54) is 50.0 Å². The molecule has 5 aliphatic carbocycles. The third-order valence-electron chi connectivity index (χ3n) is 14.3. The summed E-state index contributed by atoms with van der Waals surface area (Å²) in [4.78, 5) is 16.2. The van der Waals surface area contributed by atoms with Crippen LogP contribution in [0.3, 0.4) is 0 Å². The van der Waals surface area contributed by atoms with Gasteiger partial charge in [0.15, 0.2) is 11.6 Å². The number of para-hydroxylation sites is 1. The number of rotatable bonds is 4. The Hall–Kier alpha value is -7.63. The summed E-state index contributed by atoms with van der Waals surface area (Å²) in [6.45, 7) is 0. The summed E-state index contributed by atoms with van der Waals surface area (Å²) >= 11 is 0. The predicted octanol–water partition coefficient (Wildman–Crippen LogP) is 14.2. The molecule has 5 nitrogen and oxygen atoms in total. The summed E-state index contributed by atoms with van der Waals surface area (Å²) in [5, 5.41) is 3.43. The zero-order valence-electron chi connectivity index (χ0n) is 34.6. The zero-order valence-corrected chi connectivity index (χ0v) is 34.6. The first-order valence-electron chi connectivity index (χ1n) is 22.4. The lowest BCUT2D eigenvalue weighted by Gasteiger charge is -2.36. The molecular weight excluding hydrogens is 769 g/mol. The minimum absolute atomic E-state index is 0.264. The fourth-order valence-corrected chi connectivity index (χ4v) is 11.8. The molecule has 6 aromatic carbocycles. The second kappa shape index (κ2) is 13.2. The average Bonchev–Trinajstić information content (AvgIpc) is 4.07. The number of furan rings is 1. The maximum atomic E-state index is 6.61.